The number of urea groups is 1. The highest BCUT2D eigenvalue weighted by Gasteiger charge is 2.25. The maximum absolute atomic E-state index is 12.6. The number of carbonyl (C=O) groups is 1. The average molecular weight is 483 g/mol. The van der Waals surface area contributed by atoms with Crippen molar-refractivity contribution in [3.8, 4) is 0 Å². The normalized spacial score (nSPS) is 14.3. The van der Waals surface area contributed by atoms with Crippen LogP contribution >= 0.6 is 23.2 Å². The topological polar surface area (TPSA) is 47.6 Å². The van der Waals surface area contributed by atoms with E-state index in [0.717, 1.165) is 25.2 Å². The van der Waals surface area contributed by atoms with Crippen LogP contribution in [0.3, 0.4) is 0 Å². The molecule has 4 rings (SSSR count). The SMILES string of the molecule is CN(C)c1ccc([C@@H](CNC(=O)Nc2ccc(Cl)c(Cl)c2)N2CCc3ccccc3C2)cc1. The monoisotopic (exact) mass is 482 g/mol. The van der Waals surface area contributed by atoms with E-state index in [-0.39, 0.29) is 12.1 Å². The fraction of sp³-hybridized carbons (Fsp3) is 0.269. The standard InChI is InChI=1S/C26H28Cl2N4O/c1-31(2)22-10-7-19(8-11-22)25(32-14-13-18-5-3-4-6-20(18)17-32)16-29-26(33)30-21-9-12-23(27)24(28)15-21/h3-12,15,25H,13-14,16-17H2,1-2H3,(H2,29,30,33)/t25-/m1/s1. The summed E-state index contributed by atoms with van der Waals surface area (Å²) in [6.07, 6.45) is 0.998. The third kappa shape index (κ3) is 5.80. The molecule has 1 aliphatic heterocycles. The zero-order valence-corrected chi connectivity index (χ0v) is 20.3. The quantitative estimate of drug-likeness (QED) is 0.454. The van der Waals surface area contributed by atoms with Crippen LogP contribution in [0.25, 0.3) is 0 Å². The third-order valence-electron chi connectivity index (χ3n) is 6.03. The van der Waals surface area contributed by atoms with E-state index in [4.69, 9.17) is 23.2 Å². The Hall–Kier alpha value is -2.73. The van der Waals surface area contributed by atoms with Crippen LogP contribution < -0.4 is 15.5 Å². The molecule has 2 N–H and O–H groups in total. The van der Waals surface area contributed by atoms with Crippen molar-refractivity contribution in [1.82, 2.24) is 10.2 Å². The van der Waals surface area contributed by atoms with E-state index in [9.17, 15) is 4.79 Å². The van der Waals surface area contributed by atoms with Gasteiger partial charge in [-0.2, -0.15) is 0 Å². The van der Waals surface area contributed by atoms with Gasteiger partial charge in [0.15, 0.2) is 0 Å². The molecule has 2 amide bonds. The summed E-state index contributed by atoms with van der Waals surface area (Å²) in [6.45, 7) is 2.27. The molecule has 0 radical (unpaired) electrons. The molecule has 33 heavy (non-hydrogen) atoms. The number of hydrogen-bond acceptors (Lipinski definition) is 3. The maximum atomic E-state index is 12.6. The highest BCUT2D eigenvalue weighted by atomic mass is 35.5. The van der Waals surface area contributed by atoms with Crippen LogP contribution in [-0.2, 0) is 13.0 Å². The van der Waals surface area contributed by atoms with Gasteiger partial charge in [0.05, 0.1) is 16.1 Å². The highest BCUT2D eigenvalue weighted by Crippen LogP contribution is 2.29. The van der Waals surface area contributed by atoms with Crippen molar-refractivity contribution in [1.29, 1.82) is 0 Å². The number of fused-ring (bicyclic) bond motifs is 1. The summed E-state index contributed by atoms with van der Waals surface area (Å²) >= 11 is 12.0. The van der Waals surface area contributed by atoms with Crippen molar-refractivity contribution in [2.24, 2.45) is 0 Å². The first-order valence-electron chi connectivity index (χ1n) is 11.0. The summed E-state index contributed by atoms with van der Waals surface area (Å²) < 4.78 is 0. The molecule has 0 fully saturated rings. The molecule has 0 spiro atoms. The lowest BCUT2D eigenvalue weighted by Gasteiger charge is -2.36. The number of hydrogen-bond donors (Lipinski definition) is 2. The zero-order valence-electron chi connectivity index (χ0n) is 18.8. The summed E-state index contributed by atoms with van der Waals surface area (Å²) in [5.41, 5.74) is 5.67. The fourth-order valence-corrected chi connectivity index (χ4v) is 4.47. The molecular formula is C26H28Cl2N4O. The van der Waals surface area contributed by atoms with Crippen LogP contribution in [0.15, 0.2) is 66.7 Å². The molecule has 0 unspecified atom stereocenters. The van der Waals surface area contributed by atoms with E-state index in [0.29, 0.717) is 22.3 Å². The first-order chi connectivity index (χ1) is 15.9. The Balaban J connectivity index is 1.50. The largest absolute Gasteiger partial charge is 0.378 e. The summed E-state index contributed by atoms with van der Waals surface area (Å²) in [4.78, 5) is 17.2. The number of anilines is 2. The minimum absolute atomic E-state index is 0.0501. The Morgan fingerprint density at radius 1 is 1.00 bits per heavy atom. The lowest BCUT2D eigenvalue weighted by molar-refractivity contribution is 0.175. The van der Waals surface area contributed by atoms with E-state index >= 15 is 0 Å². The van der Waals surface area contributed by atoms with Crippen LogP contribution in [0.1, 0.15) is 22.7 Å². The second-order valence-corrected chi connectivity index (χ2v) is 9.27. The Labute approximate surface area is 205 Å². The number of nitrogens with one attached hydrogen (secondary N) is 2. The first-order valence-corrected chi connectivity index (χ1v) is 11.7. The summed E-state index contributed by atoms with van der Waals surface area (Å²) in [6, 6.07) is 21.9. The summed E-state index contributed by atoms with van der Waals surface area (Å²) in [7, 11) is 4.06. The smallest absolute Gasteiger partial charge is 0.319 e. The molecule has 1 atom stereocenters. The van der Waals surface area contributed by atoms with Gasteiger partial charge in [0.25, 0.3) is 0 Å². The van der Waals surface area contributed by atoms with Crippen LogP contribution in [0.2, 0.25) is 10.0 Å². The van der Waals surface area contributed by atoms with Gasteiger partial charge in [-0.05, 0) is 53.4 Å². The number of benzene rings is 3. The summed E-state index contributed by atoms with van der Waals surface area (Å²) in [5, 5.41) is 6.74. The Kier molecular flexibility index (Phi) is 7.43. The molecule has 1 heterocycles. The van der Waals surface area contributed by atoms with Crippen molar-refractivity contribution < 1.29 is 4.79 Å². The number of amides is 2. The van der Waals surface area contributed by atoms with Gasteiger partial charge in [0.1, 0.15) is 0 Å². The minimum Gasteiger partial charge on any atom is -0.378 e. The van der Waals surface area contributed by atoms with Crippen molar-refractivity contribution in [2.45, 2.75) is 19.0 Å². The molecule has 5 nitrogen and oxygen atoms in total. The third-order valence-corrected chi connectivity index (χ3v) is 6.77. The van der Waals surface area contributed by atoms with Gasteiger partial charge < -0.3 is 15.5 Å². The fourth-order valence-electron chi connectivity index (χ4n) is 4.17. The molecule has 1 aliphatic rings. The molecule has 0 aromatic heterocycles. The van der Waals surface area contributed by atoms with E-state index < -0.39 is 0 Å². The van der Waals surface area contributed by atoms with Crippen molar-refractivity contribution in [2.75, 3.05) is 37.4 Å². The van der Waals surface area contributed by atoms with Crippen molar-refractivity contribution in [3.05, 3.63) is 93.5 Å². The Morgan fingerprint density at radius 2 is 1.73 bits per heavy atom. The highest BCUT2D eigenvalue weighted by molar-refractivity contribution is 6.42. The maximum Gasteiger partial charge on any atom is 0.319 e. The number of halogens is 2. The van der Waals surface area contributed by atoms with Gasteiger partial charge in [0.2, 0.25) is 0 Å². The molecule has 3 aromatic carbocycles. The van der Waals surface area contributed by atoms with Gasteiger partial charge in [-0.3, -0.25) is 4.90 Å². The molecule has 0 saturated heterocycles. The van der Waals surface area contributed by atoms with E-state index in [2.05, 4.69) is 69.0 Å². The number of nitrogens with zero attached hydrogens (tertiary/aromatic N) is 2. The molecule has 0 bridgehead atoms. The van der Waals surface area contributed by atoms with E-state index in [1.807, 2.05) is 14.1 Å². The van der Waals surface area contributed by atoms with Crippen molar-refractivity contribution >= 4 is 40.6 Å². The Bertz CT molecular complexity index is 1120. The van der Waals surface area contributed by atoms with E-state index in [1.165, 1.54) is 16.7 Å². The van der Waals surface area contributed by atoms with Crippen LogP contribution in [0, 0.1) is 0 Å². The van der Waals surface area contributed by atoms with Gasteiger partial charge in [-0.25, -0.2) is 4.79 Å². The second-order valence-electron chi connectivity index (χ2n) is 8.45. The van der Waals surface area contributed by atoms with Gasteiger partial charge in [-0.15, -0.1) is 0 Å². The number of rotatable bonds is 6. The molecule has 3 aromatic rings. The van der Waals surface area contributed by atoms with Gasteiger partial charge >= 0.3 is 6.03 Å². The molecule has 0 aliphatic carbocycles. The molecule has 0 saturated carbocycles. The van der Waals surface area contributed by atoms with Crippen molar-refractivity contribution in [3.63, 3.8) is 0 Å². The van der Waals surface area contributed by atoms with Gasteiger partial charge in [-0.1, -0.05) is 59.6 Å². The lowest BCUT2D eigenvalue weighted by atomic mass is 9.96. The predicted molar refractivity (Wildman–Crippen MR) is 138 cm³/mol. The van der Waals surface area contributed by atoms with E-state index in [1.54, 1.807) is 18.2 Å². The van der Waals surface area contributed by atoms with Gasteiger partial charge in [0, 0.05) is 45.1 Å². The predicted octanol–water partition coefficient (Wildman–Crippen LogP) is 5.98. The lowest BCUT2D eigenvalue weighted by Crippen LogP contribution is -2.41. The molecular weight excluding hydrogens is 455 g/mol. The minimum atomic E-state index is -0.277. The molecule has 172 valence electrons. The first kappa shape index (κ1) is 23.4. The summed E-state index contributed by atoms with van der Waals surface area (Å²) in [5.74, 6) is 0. The van der Waals surface area contributed by atoms with Crippen LogP contribution in [-0.4, -0.2) is 38.1 Å². The number of carbonyl (C=O) groups excluding carboxylic acids is 1. The zero-order chi connectivity index (χ0) is 23.4. The van der Waals surface area contributed by atoms with Crippen LogP contribution in [0.5, 0.6) is 0 Å². The second kappa shape index (κ2) is 10.5. The average Bonchev–Trinajstić information content (AvgIpc) is 2.82. The molecule has 7 heteroatoms. The Morgan fingerprint density at radius 3 is 2.42 bits per heavy atom. The van der Waals surface area contributed by atoms with Crippen LogP contribution in [0.4, 0.5) is 16.2 Å².